The van der Waals surface area contributed by atoms with Crippen LogP contribution in [0.2, 0.25) is 0 Å². The van der Waals surface area contributed by atoms with E-state index in [9.17, 15) is 9.59 Å². The zero-order valence-corrected chi connectivity index (χ0v) is 14.0. The van der Waals surface area contributed by atoms with Gasteiger partial charge in [-0.25, -0.2) is 4.79 Å². The van der Waals surface area contributed by atoms with E-state index in [-0.39, 0.29) is 17.9 Å². The molecule has 1 spiro atoms. The van der Waals surface area contributed by atoms with Crippen LogP contribution in [0.4, 0.5) is 4.79 Å². The number of nitrogens with zero attached hydrogens (tertiary/aromatic N) is 1. The molecule has 2 amide bonds. The van der Waals surface area contributed by atoms with Crippen molar-refractivity contribution in [3.8, 4) is 0 Å². The zero-order valence-electron chi connectivity index (χ0n) is 14.0. The standard InChI is InChI=1S/C15H26N2O5/c1-13(2,3)22-12(19)16-6-11(18)17-7-15(8-17)9-20-14(4,5)21-10-15/h6-10H2,1-5H3,(H,16,19). The summed E-state index contributed by atoms with van der Waals surface area (Å²) in [7, 11) is 0. The molecule has 0 atom stereocenters. The summed E-state index contributed by atoms with van der Waals surface area (Å²) in [5.74, 6) is -0.671. The average Bonchev–Trinajstić information content (AvgIpc) is 2.32. The van der Waals surface area contributed by atoms with Crippen molar-refractivity contribution in [3.63, 3.8) is 0 Å². The van der Waals surface area contributed by atoms with Gasteiger partial charge in [0.15, 0.2) is 5.79 Å². The molecule has 2 aliphatic rings. The number of nitrogens with one attached hydrogen (secondary N) is 1. The molecule has 1 N–H and O–H groups in total. The number of ether oxygens (including phenoxy) is 3. The van der Waals surface area contributed by atoms with Crippen molar-refractivity contribution in [2.45, 2.75) is 46.0 Å². The Bertz CT molecular complexity index is 437. The molecule has 0 radical (unpaired) electrons. The van der Waals surface area contributed by atoms with Crippen LogP contribution in [0.3, 0.4) is 0 Å². The molecule has 0 saturated carbocycles. The summed E-state index contributed by atoms with van der Waals surface area (Å²) in [5.41, 5.74) is -0.672. The van der Waals surface area contributed by atoms with Gasteiger partial charge in [-0.1, -0.05) is 0 Å². The maximum Gasteiger partial charge on any atom is 0.408 e. The van der Waals surface area contributed by atoms with E-state index in [1.54, 1.807) is 25.7 Å². The fourth-order valence-corrected chi connectivity index (χ4v) is 2.43. The molecule has 126 valence electrons. The lowest BCUT2D eigenvalue weighted by molar-refractivity contribution is -0.302. The number of hydrogen-bond donors (Lipinski definition) is 1. The van der Waals surface area contributed by atoms with Crippen molar-refractivity contribution >= 4 is 12.0 Å². The summed E-state index contributed by atoms with van der Waals surface area (Å²) in [6, 6.07) is 0. The van der Waals surface area contributed by atoms with Crippen LogP contribution in [-0.2, 0) is 19.0 Å². The summed E-state index contributed by atoms with van der Waals surface area (Å²) in [6.45, 7) is 11.4. The normalized spacial score (nSPS) is 22.9. The van der Waals surface area contributed by atoms with Gasteiger partial charge >= 0.3 is 6.09 Å². The molecule has 7 nitrogen and oxygen atoms in total. The van der Waals surface area contributed by atoms with Gasteiger partial charge in [-0.2, -0.15) is 0 Å². The summed E-state index contributed by atoms with van der Waals surface area (Å²) in [5, 5.41) is 2.48. The lowest BCUT2D eigenvalue weighted by Crippen LogP contribution is -2.66. The number of carbonyl (C=O) groups is 2. The number of amides is 2. The minimum Gasteiger partial charge on any atom is -0.444 e. The largest absolute Gasteiger partial charge is 0.444 e. The van der Waals surface area contributed by atoms with E-state index in [4.69, 9.17) is 14.2 Å². The number of carbonyl (C=O) groups excluding carboxylic acids is 2. The molecule has 2 aliphatic heterocycles. The van der Waals surface area contributed by atoms with E-state index < -0.39 is 17.5 Å². The molecule has 22 heavy (non-hydrogen) atoms. The van der Waals surface area contributed by atoms with E-state index in [1.807, 2.05) is 13.8 Å². The van der Waals surface area contributed by atoms with Crippen LogP contribution in [0, 0.1) is 5.41 Å². The smallest absolute Gasteiger partial charge is 0.408 e. The van der Waals surface area contributed by atoms with Gasteiger partial charge in [0.2, 0.25) is 5.91 Å². The summed E-state index contributed by atoms with van der Waals surface area (Å²) < 4.78 is 16.4. The molecule has 0 bridgehead atoms. The third kappa shape index (κ3) is 4.33. The molecular formula is C15H26N2O5. The third-order valence-electron chi connectivity index (χ3n) is 3.64. The van der Waals surface area contributed by atoms with Crippen molar-refractivity contribution in [1.29, 1.82) is 0 Å². The monoisotopic (exact) mass is 314 g/mol. The van der Waals surface area contributed by atoms with Gasteiger partial charge in [-0.15, -0.1) is 0 Å². The van der Waals surface area contributed by atoms with E-state index in [2.05, 4.69) is 5.32 Å². The Morgan fingerprint density at radius 1 is 1.18 bits per heavy atom. The SMILES string of the molecule is CC(C)(C)OC(=O)NCC(=O)N1CC2(COC(C)(C)OC2)C1. The van der Waals surface area contributed by atoms with Crippen LogP contribution in [-0.4, -0.2) is 61.1 Å². The molecule has 2 saturated heterocycles. The molecule has 2 fully saturated rings. The van der Waals surface area contributed by atoms with Crippen molar-refractivity contribution in [3.05, 3.63) is 0 Å². The first-order chi connectivity index (χ1) is 10.0. The lowest BCUT2D eigenvalue weighted by Gasteiger charge is -2.54. The van der Waals surface area contributed by atoms with Gasteiger partial charge in [-0.3, -0.25) is 4.79 Å². The van der Waals surface area contributed by atoms with Gasteiger partial charge in [0, 0.05) is 13.1 Å². The maximum absolute atomic E-state index is 12.0. The highest BCUT2D eigenvalue weighted by molar-refractivity contribution is 5.83. The number of alkyl carbamates (subject to hydrolysis) is 1. The molecule has 2 heterocycles. The van der Waals surface area contributed by atoms with E-state index in [1.165, 1.54) is 0 Å². The van der Waals surface area contributed by atoms with Crippen LogP contribution in [0.25, 0.3) is 0 Å². The summed E-state index contributed by atoms with van der Waals surface area (Å²) in [4.78, 5) is 25.2. The molecule has 0 unspecified atom stereocenters. The fraction of sp³-hybridized carbons (Fsp3) is 0.867. The van der Waals surface area contributed by atoms with Crippen LogP contribution in [0.5, 0.6) is 0 Å². The highest BCUT2D eigenvalue weighted by Gasteiger charge is 2.50. The minimum atomic E-state index is -0.581. The second kappa shape index (κ2) is 5.70. The van der Waals surface area contributed by atoms with Gasteiger partial charge in [0.05, 0.1) is 18.6 Å². The lowest BCUT2D eigenvalue weighted by atomic mass is 9.80. The predicted molar refractivity (Wildman–Crippen MR) is 79.2 cm³/mol. The summed E-state index contributed by atoms with van der Waals surface area (Å²) in [6.07, 6.45) is -0.581. The van der Waals surface area contributed by atoms with Crippen molar-refractivity contribution in [2.75, 3.05) is 32.8 Å². The Morgan fingerprint density at radius 3 is 2.23 bits per heavy atom. The Labute approximate surface area is 131 Å². The third-order valence-corrected chi connectivity index (χ3v) is 3.64. The van der Waals surface area contributed by atoms with Gasteiger partial charge < -0.3 is 24.4 Å². The van der Waals surface area contributed by atoms with Gasteiger partial charge in [-0.05, 0) is 34.6 Å². The maximum atomic E-state index is 12.0. The Morgan fingerprint density at radius 2 is 1.73 bits per heavy atom. The van der Waals surface area contributed by atoms with Crippen molar-refractivity contribution in [1.82, 2.24) is 10.2 Å². The minimum absolute atomic E-state index is 0.0573. The molecular weight excluding hydrogens is 288 g/mol. The van der Waals surface area contributed by atoms with Crippen molar-refractivity contribution < 1.29 is 23.8 Å². The number of rotatable bonds is 2. The van der Waals surface area contributed by atoms with Crippen LogP contribution in [0.1, 0.15) is 34.6 Å². The van der Waals surface area contributed by atoms with Crippen LogP contribution < -0.4 is 5.32 Å². The number of likely N-dealkylation sites (tertiary alicyclic amines) is 1. The van der Waals surface area contributed by atoms with Crippen molar-refractivity contribution in [2.24, 2.45) is 5.41 Å². The molecule has 0 aliphatic carbocycles. The Hall–Kier alpha value is -1.34. The quantitative estimate of drug-likeness (QED) is 0.826. The van der Waals surface area contributed by atoms with E-state index in [0.717, 1.165) is 0 Å². The predicted octanol–water partition coefficient (Wildman–Crippen LogP) is 1.12. The van der Waals surface area contributed by atoms with Gasteiger partial charge in [0.25, 0.3) is 0 Å². The molecule has 0 aromatic carbocycles. The highest BCUT2D eigenvalue weighted by atomic mass is 16.7. The molecule has 0 aromatic rings. The first-order valence-electron chi connectivity index (χ1n) is 7.53. The van der Waals surface area contributed by atoms with Crippen LogP contribution in [0.15, 0.2) is 0 Å². The van der Waals surface area contributed by atoms with E-state index in [0.29, 0.717) is 26.3 Å². The van der Waals surface area contributed by atoms with E-state index >= 15 is 0 Å². The summed E-state index contributed by atoms with van der Waals surface area (Å²) >= 11 is 0. The second-order valence-electron chi connectivity index (χ2n) is 7.58. The second-order valence-corrected chi connectivity index (χ2v) is 7.58. The van der Waals surface area contributed by atoms with Gasteiger partial charge in [0.1, 0.15) is 12.1 Å². The first kappa shape index (κ1) is 17.0. The fourth-order valence-electron chi connectivity index (χ4n) is 2.43. The highest BCUT2D eigenvalue weighted by Crippen LogP contribution is 2.37. The van der Waals surface area contributed by atoms with Crippen LogP contribution >= 0.6 is 0 Å². The first-order valence-corrected chi connectivity index (χ1v) is 7.53. The Balaban J connectivity index is 1.70. The Kier molecular flexibility index (Phi) is 4.41. The molecule has 2 rings (SSSR count). The average molecular weight is 314 g/mol. The molecule has 7 heteroatoms. The topological polar surface area (TPSA) is 77.1 Å². The molecule has 0 aromatic heterocycles. The number of hydrogen-bond acceptors (Lipinski definition) is 5. The zero-order chi connectivity index (χ0) is 16.6.